The Balaban J connectivity index is 2.36. The predicted octanol–water partition coefficient (Wildman–Crippen LogP) is 5.37. The molecule has 0 amide bonds. The zero-order valence-electron chi connectivity index (χ0n) is 16.6. The molecule has 0 bridgehead atoms. The van der Waals surface area contributed by atoms with E-state index in [1.165, 1.54) is 51.4 Å². The van der Waals surface area contributed by atoms with Crippen LogP contribution in [0, 0.1) is 5.92 Å². The van der Waals surface area contributed by atoms with Gasteiger partial charge in [0.05, 0.1) is 0 Å². The van der Waals surface area contributed by atoms with Crippen LogP contribution in [0.4, 0.5) is 0 Å². The summed E-state index contributed by atoms with van der Waals surface area (Å²) >= 11 is 4.35. The summed E-state index contributed by atoms with van der Waals surface area (Å²) in [6, 6.07) is 0.860. The van der Waals surface area contributed by atoms with E-state index in [1.54, 1.807) is 0 Å². The standard InChI is InChI=1S/C19H41NO3SSi/c1-3-5-7-8-9-10-14-21-25(17-11-16-24)22-15-13-19(12-6-4-2)18-20-23-25/h19-20,24H,3-18H2,1-2H3. The van der Waals surface area contributed by atoms with Crippen LogP contribution in [0.5, 0.6) is 0 Å². The van der Waals surface area contributed by atoms with Gasteiger partial charge in [-0.05, 0) is 37.4 Å². The van der Waals surface area contributed by atoms with Gasteiger partial charge in [-0.2, -0.15) is 12.6 Å². The Kier molecular flexibility index (Phi) is 14.5. The van der Waals surface area contributed by atoms with Gasteiger partial charge in [0.1, 0.15) is 0 Å². The molecule has 0 aromatic carbocycles. The Morgan fingerprint density at radius 2 is 1.80 bits per heavy atom. The lowest BCUT2D eigenvalue weighted by molar-refractivity contribution is -0.00437. The van der Waals surface area contributed by atoms with E-state index in [2.05, 4.69) is 32.0 Å². The fourth-order valence-electron chi connectivity index (χ4n) is 3.19. The second-order valence-electron chi connectivity index (χ2n) is 7.22. The van der Waals surface area contributed by atoms with Crippen molar-refractivity contribution in [2.45, 2.75) is 90.5 Å². The number of unbranched alkanes of at least 4 members (excludes halogenated alkanes) is 6. The Bertz CT molecular complexity index is 300. The fraction of sp³-hybridized carbons (Fsp3) is 1.00. The summed E-state index contributed by atoms with van der Waals surface area (Å²) in [6.07, 6.45) is 13.5. The molecular formula is C19H41NO3SSi. The molecule has 2 atom stereocenters. The van der Waals surface area contributed by atoms with Crippen LogP contribution in [-0.2, 0) is 13.4 Å². The highest BCUT2D eigenvalue weighted by molar-refractivity contribution is 7.80. The first-order valence-electron chi connectivity index (χ1n) is 10.6. The van der Waals surface area contributed by atoms with Gasteiger partial charge in [-0.3, -0.25) is 4.53 Å². The Morgan fingerprint density at radius 3 is 2.56 bits per heavy atom. The highest BCUT2D eigenvalue weighted by Crippen LogP contribution is 2.23. The summed E-state index contributed by atoms with van der Waals surface area (Å²) in [5, 5.41) is 0. The zero-order valence-corrected chi connectivity index (χ0v) is 18.5. The van der Waals surface area contributed by atoms with Gasteiger partial charge in [0.25, 0.3) is 0 Å². The van der Waals surface area contributed by atoms with Crippen molar-refractivity contribution < 1.29 is 13.4 Å². The summed E-state index contributed by atoms with van der Waals surface area (Å²) in [7, 11) is -2.58. The molecule has 1 heterocycles. The second-order valence-corrected chi connectivity index (χ2v) is 10.3. The Morgan fingerprint density at radius 1 is 1.04 bits per heavy atom. The van der Waals surface area contributed by atoms with Crippen molar-refractivity contribution in [2.24, 2.45) is 5.92 Å². The average Bonchev–Trinajstić information content (AvgIpc) is 2.60. The largest absolute Gasteiger partial charge is 0.517 e. The van der Waals surface area contributed by atoms with E-state index in [0.29, 0.717) is 5.92 Å². The lowest BCUT2D eigenvalue weighted by Crippen LogP contribution is -2.52. The van der Waals surface area contributed by atoms with Crippen LogP contribution in [0.3, 0.4) is 0 Å². The minimum atomic E-state index is -2.58. The van der Waals surface area contributed by atoms with Gasteiger partial charge in [0.15, 0.2) is 0 Å². The molecule has 1 N–H and O–H groups in total. The molecule has 2 unspecified atom stereocenters. The third-order valence-corrected chi connectivity index (χ3v) is 7.90. The molecule has 25 heavy (non-hydrogen) atoms. The van der Waals surface area contributed by atoms with Crippen molar-refractivity contribution in [1.29, 1.82) is 0 Å². The van der Waals surface area contributed by atoms with Crippen molar-refractivity contribution in [3.63, 3.8) is 0 Å². The maximum atomic E-state index is 6.23. The van der Waals surface area contributed by atoms with E-state index >= 15 is 0 Å². The molecule has 1 aliphatic rings. The molecule has 0 spiro atoms. The van der Waals surface area contributed by atoms with E-state index in [-0.39, 0.29) is 0 Å². The van der Waals surface area contributed by atoms with Gasteiger partial charge in [-0.1, -0.05) is 58.8 Å². The highest BCUT2D eigenvalue weighted by Gasteiger charge is 2.42. The van der Waals surface area contributed by atoms with Crippen LogP contribution < -0.4 is 5.48 Å². The number of hydroxylamine groups is 1. The molecule has 0 saturated carbocycles. The van der Waals surface area contributed by atoms with Gasteiger partial charge >= 0.3 is 8.80 Å². The third kappa shape index (κ3) is 11.0. The maximum absolute atomic E-state index is 6.23. The van der Waals surface area contributed by atoms with Gasteiger partial charge in [0.2, 0.25) is 0 Å². The summed E-state index contributed by atoms with van der Waals surface area (Å²) in [6.45, 7) is 6.94. The third-order valence-electron chi connectivity index (χ3n) is 4.87. The fourth-order valence-corrected chi connectivity index (χ4v) is 6.04. The summed E-state index contributed by atoms with van der Waals surface area (Å²) < 4.78 is 18.5. The molecule has 1 rings (SSSR count). The van der Waals surface area contributed by atoms with Gasteiger partial charge in [-0.25, -0.2) is 5.48 Å². The van der Waals surface area contributed by atoms with Crippen LogP contribution in [0.2, 0.25) is 6.04 Å². The first-order chi connectivity index (χ1) is 12.3. The van der Waals surface area contributed by atoms with Crippen LogP contribution in [0.15, 0.2) is 0 Å². The van der Waals surface area contributed by atoms with E-state index in [1.807, 2.05) is 0 Å². The summed E-state index contributed by atoms with van der Waals surface area (Å²) in [5.74, 6) is 1.50. The van der Waals surface area contributed by atoms with Crippen LogP contribution in [0.1, 0.15) is 84.5 Å². The molecule has 1 saturated heterocycles. The first-order valence-corrected chi connectivity index (χ1v) is 13.1. The van der Waals surface area contributed by atoms with E-state index in [4.69, 9.17) is 13.4 Å². The van der Waals surface area contributed by atoms with Gasteiger partial charge in [0, 0.05) is 25.8 Å². The summed E-state index contributed by atoms with van der Waals surface area (Å²) in [4.78, 5) is 0. The van der Waals surface area contributed by atoms with Crippen molar-refractivity contribution in [1.82, 2.24) is 5.48 Å². The quantitative estimate of drug-likeness (QED) is 0.237. The van der Waals surface area contributed by atoms with Crippen molar-refractivity contribution in [3.05, 3.63) is 0 Å². The SMILES string of the molecule is CCCCCCCCO[Si]1(CCCS)OCCC(CCCC)CNO1. The van der Waals surface area contributed by atoms with Crippen molar-refractivity contribution in [3.8, 4) is 0 Å². The average molecular weight is 392 g/mol. The van der Waals surface area contributed by atoms with Crippen LogP contribution in [0.25, 0.3) is 0 Å². The van der Waals surface area contributed by atoms with Crippen molar-refractivity contribution in [2.75, 3.05) is 25.5 Å². The Labute approximate surface area is 162 Å². The topological polar surface area (TPSA) is 39.7 Å². The normalized spacial score (nSPS) is 24.8. The Hall–Kier alpha value is 0.407. The smallest absolute Gasteiger partial charge is 0.373 e. The number of hydrogen-bond donors (Lipinski definition) is 2. The molecule has 1 fully saturated rings. The van der Waals surface area contributed by atoms with Gasteiger partial charge in [-0.15, -0.1) is 0 Å². The first kappa shape index (κ1) is 23.4. The van der Waals surface area contributed by atoms with Crippen LogP contribution >= 0.6 is 12.6 Å². The van der Waals surface area contributed by atoms with Crippen molar-refractivity contribution >= 4 is 21.4 Å². The molecule has 0 aromatic heterocycles. The molecule has 0 radical (unpaired) electrons. The van der Waals surface area contributed by atoms with Gasteiger partial charge < -0.3 is 8.85 Å². The maximum Gasteiger partial charge on any atom is 0.517 e. The minimum Gasteiger partial charge on any atom is -0.373 e. The lowest BCUT2D eigenvalue weighted by atomic mass is 9.99. The molecule has 150 valence electrons. The molecular weight excluding hydrogens is 350 g/mol. The van der Waals surface area contributed by atoms with Crippen LogP contribution in [-0.4, -0.2) is 34.3 Å². The highest BCUT2D eigenvalue weighted by atomic mass is 32.1. The molecule has 1 aliphatic heterocycles. The van der Waals surface area contributed by atoms with E-state index in [0.717, 1.165) is 50.8 Å². The number of rotatable bonds is 14. The number of hydrogen-bond acceptors (Lipinski definition) is 5. The predicted molar refractivity (Wildman–Crippen MR) is 111 cm³/mol. The zero-order chi connectivity index (χ0) is 18.2. The molecule has 6 heteroatoms. The molecule has 4 nitrogen and oxygen atoms in total. The number of thiol groups is 1. The monoisotopic (exact) mass is 391 g/mol. The van der Waals surface area contributed by atoms with E-state index in [9.17, 15) is 0 Å². The second kappa shape index (κ2) is 15.5. The van der Waals surface area contributed by atoms with E-state index < -0.39 is 8.80 Å². The number of nitrogens with one attached hydrogen (secondary N) is 1. The minimum absolute atomic E-state index is 0.649. The molecule has 0 aromatic rings. The summed E-state index contributed by atoms with van der Waals surface area (Å²) in [5.41, 5.74) is 3.20. The lowest BCUT2D eigenvalue weighted by Gasteiger charge is -2.33. The molecule has 0 aliphatic carbocycles.